The van der Waals surface area contributed by atoms with E-state index in [0.717, 1.165) is 63.6 Å². The molecule has 0 saturated carbocycles. The number of nitrogens with one attached hydrogen (secondary N) is 1. The number of likely N-dealkylation sites (tertiary alicyclic amines) is 1. The van der Waals surface area contributed by atoms with Gasteiger partial charge in [0.05, 0.1) is 25.4 Å². The Bertz CT molecular complexity index is 664. The number of ether oxygens (including phenoxy) is 2. The van der Waals surface area contributed by atoms with E-state index in [1.165, 1.54) is 25.0 Å². The van der Waals surface area contributed by atoms with Crippen LogP contribution >= 0.6 is 0 Å². The summed E-state index contributed by atoms with van der Waals surface area (Å²) in [6, 6.07) is 6.76. The summed E-state index contributed by atoms with van der Waals surface area (Å²) in [5.74, 6) is 0.758. The summed E-state index contributed by atoms with van der Waals surface area (Å²) in [4.78, 5) is 7.26. The molecule has 2 heterocycles. The van der Waals surface area contributed by atoms with Gasteiger partial charge in [-0.1, -0.05) is 26.0 Å². The third kappa shape index (κ3) is 6.67. The SMILES string of the molecule is CCNC(=NCC(C)(C)c1ccc(F)cc1)N1CCC(OCC2CCCCO2)CC1. The van der Waals surface area contributed by atoms with Gasteiger partial charge in [-0.2, -0.15) is 0 Å². The molecule has 0 bridgehead atoms. The Balaban J connectivity index is 1.51. The lowest BCUT2D eigenvalue weighted by atomic mass is 9.85. The number of rotatable bonds is 7. The highest BCUT2D eigenvalue weighted by Crippen LogP contribution is 2.24. The Morgan fingerprint density at radius 2 is 1.93 bits per heavy atom. The maximum Gasteiger partial charge on any atom is 0.193 e. The molecule has 0 amide bonds. The first-order chi connectivity index (χ1) is 14.5. The molecule has 0 radical (unpaired) electrons. The van der Waals surface area contributed by atoms with Crippen LogP contribution in [0.1, 0.15) is 58.4 Å². The van der Waals surface area contributed by atoms with Gasteiger partial charge in [0.1, 0.15) is 5.82 Å². The number of aliphatic imine (C=N–C) groups is 1. The van der Waals surface area contributed by atoms with Crippen molar-refractivity contribution >= 4 is 5.96 Å². The van der Waals surface area contributed by atoms with Crippen LogP contribution in [0.4, 0.5) is 4.39 Å². The fourth-order valence-corrected chi connectivity index (χ4v) is 4.11. The molecule has 3 rings (SSSR count). The second-order valence-electron chi connectivity index (χ2n) is 9.07. The van der Waals surface area contributed by atoms with Gasteiger partial charge >= 0.3 is 0 Å². The van der Waals surface area contributed by atoms with Gasteiger partial charge in [0, 0.05) is 31.7 Å². The molecule has 1 aromatic rings. The molecule has 2 aliphatic heterocycles. The normalized spacial score (nSPS) is 21.7. The van der Waals surface area contributed by atoms with E-state index in [1.54, 1.807) is 0 Å². The van der Waals surface area contributed by atoms with E-state index in [-0.39, 0.29) is 17.3 Å². The van der Waals surface area contributed by atoms with Crippen LogP contribution in [0.5, 0.6) is 0 Å². The zero-order valence-electron chi connectivity index (χ0n) is 18.8. The van der Waals surface area contributed by atoms with Crippen molar-refractivity contribution < 1.29 is 13.9 Å². The second-order valence-corrected chi connectivity index (χ2v) is 9.07. The van der Waals surface area contributed by atoms with Gasteiger partial charge in [-0.3, -0.25) is 4.99 Å². The summed E-state index contributed by atoms with van der Waals surface area (Å²) in [6.45, 7) is 11.4. The van der Waals surface area contributed by atoms with Crippen molar-refractivity contribution in [2.24, 2.45) is 4.99 Å². The first-order valence-corrected chi connectivity index (χ1v) is 11.5. The van der Waals surface area contributed by atoms with Gasteiger partial charge in [-0.15, -0.1) is 0 Å². The molecule has 168 valence electrons. The number of hydrogen-bond acceptors (Lipinski definition) is 3. The summed E-state index contributed by atoms with van der Waals surface area (Å²) >= 11 is 0. The van der Waals surface area contributed by atoms with Gasteiger partial charge < -0.3 is 19.7 Å². The van der Waals surface area contributed by atoms with Gasteiger partial charge in [0.2, 0.25) is 0 Å². The largest absolute Gasteiger partial charge is 0.376 e. The monoisotopic (exact) mass is 419 g/mol. The highest BCUT2D eigenvalue weighted by Gasteiger charge is 2.25. The number of halogens is 1. The first-order valence-electron chi connectivity index (χ1n) is 11.5. The summed E-state index contributed by atoms with van der Waals surface area (Å²) < 4.78 is 25.2. The van der Waals surface area contributed by atoms with Gasteiger partial charge in [-0.25, -0.2) is 4.39 Å². The molecule has 30 heavy (non-hydrogen) atoms. The maximum atomic E-state index is 13.3. The van der Waals surface area contributed by atoms with Crippen molar-refractivity contribution in [2.75, 3.05) is 39.4 Å². The molecular weight excluding hydrogens is 381 g/mol. The fraction of sp³-hybridized carbons (Fsp3) is 0.708. The predicted molar refractivity (Wildman–Crippen MR) is 120 cm³/mol. The standard InChI is InChI=1S/C24H38FN3O2/c1-4-26-23(27-18-24(2,3)19-8-10-20(25)11-9-19)28-14-12-21(13-15-28)30-17-22-7-5-6-16-29-22/h8-11,21-22H,4-7,12-18H2,1-3H3,(H,26,27). The highest BCUT2D eigenvalue weighted by atomic mass is 19.1. The lowest BCUT2D eigenvalue weighted by molar-refractivity contribution is -0.0721. The Kier molecular flexibility index (Phi) is 8.51. The summed E-state index contributed by atoms with van der Waals surface area (Å²) in [5, 5.41) is 3.44. The lowest BCUT2D eigenvalue weighted by Crippen LogP contribution is -2.47. The van der Waals surface area contributed by atoms with Crippen LogP contribution in [-0.2, 0) is 14.9 Å². The van der Waals surface area contributed by atoms with Crippen LogP contribution in [0.2, 0.25) is 0 Å². The van der Waals surface area contributed by atoms with Crippen molar-refractivity contribution in [2.45, 2.75) is 70.5 Å². The minimum atomic E-state index is -0.202. The van der Waals surface area contributed by atoms with Crippen molar-refractivity contribution in [1.82, 2.24) is 10.2 Å². The van der Waals surface area contributed by atoms with Crippen molar-refractivity contribution in [3.05, 3.63) is 35.6 Å². The molecule has 1 aromatic carbocycles. The maximum absolute atomic E-state index is 13.3. The van der Waals surface area contributed by atoms with Crippen LogP contribution in [0, 0.1) is 5.82 Å². The zero-order chi connectivity index (χ0) is 21.4. The summed E-state index contributed by atoms with van der Waals surface area (Å²) in [7, 11) is 0. The molecular formula is C24H38FN3O2. The number of nitrogens with zero attached hydrogens (tertiary/aromatic N) is 2. The average Bonchev–Trinajstić information content (AvgIpc) is 2.77. The third-order valence-corrected chi connectivity index (χ3v) is 6.12. The lowest BCUT2D eigenvalue weighted by Gasteiger charge is -2.35. The van der Waals surface area contributed by atoms with Crippen molar-refractivity contribution in [1.29, 1.82) is 0 Å². The van der Waals surface area contributed by atoms with Crippen LogP contribution in [-0.4, -0.2) is 62.5 Å². The Hall–Kier alpha value is -1.66. The van der Waals surface area contributed by atoms with E-state index in [1.807, 2.05) is 12.1 Å². The number of guanidine groups is 1. The number of piperidine rings is 1. The number of hydrogen-bond donors (Lipinski definition) is 1. The van der Waals surface area contributed by atoms with Crippen LogP contribution in [0.25, 0.3) is 0 Å². The topological polar surface area (TPSA) is 46.1 Å². The van der Waals surface area contributed by atoms with Crippen molar-refractivity contribution in [3.8, 4) is 0 Å². The third-order valence-electron chi connectivity index (χ3n) is 6.12. The molecule has 5 nitrogen and oxygen atoms in total. The Morgan fingerprint density at radius 3 is 2.57 bits per heavy atom. The molecule has 0 aliphatic carbocycles. The van der Waals surface area contributed by atoms with Gasteiger partial charge in [-0.05, 0) is 56.7 Å². The average molecular weight is 420 g/mol. The molecule has 2 fully saturated rings. The summed E-state index contributed by atoms with van der Waals surface area (Å²) in [5.41, 5.74) is 0.941. The molecule has 0 aromatic heterocycles. The molecule has 1 unspecified atom stereocenters. The highest BCUT2D eigenvalue weighted by molar-refractivity contribution is 5.80. The predicted octanol–water partition coefficient (Wildman–Crippen LogP) is 4.12. The van der Waals surface area contributed by atoms with Crippen LogP contribution < -0.4 is 5.32 Å². The van der Waals surface area contributed by atoms with E-state index < -0.39 is 0 Å². The quantitative estimate of drug-likeness (QED) is 0.533. The van der Waals surface area contributed by atoms with Crippen LogP contribution in [0.3, 0.4) is 0 Å². The molecule has 1 N–H and O–H groups in total. The fourth-order valence-electron chi connectivity index (χ4n) is 4.11. The van der Waals surface area contributed by atoms with E-state index in [0.29, 0.717) is 12.6 Å². The van der Waals surface area contributed by atoms with E-state index in [2.05, 4.69) is 31.0 Å². The molecule has 1 atom stereocenters. The molecule has 2 saturated heterocycles. The van der Waals surface area contributed by atoms with E-state index in [4.69, 9.17) is 14.5 Å². The molecule has 0 spiro atoms. The second kappa shape index (κ2) is 11.1. The van der Waals surface area contributed by atoms with E-state index in [9.17, 15) is 4.39 Å². The zero-order valence-corrected chi connectivity index (χ0v) is 18.8. The minimum Gasteiger partial charge on any atom is -0.376 e. The van der Waals surface area contributed by atoms with Crippen LogP contribution in [0.15, 0.2) is 29.3 Å². The molecule has 2 aliphatic rings. The molecule has 6 heteroatoms. The smallest absolute Gasteiger partial charge is 0.193 e. The van der Waals surface area contributed by atoms with Crippen molar-refractivity contribution in [3.63, 3.8) is 0 Å². The van der Waals surface area contributed by atoms with Gasteiger partial charge in [0.15, 0.2) is 5.96 Å². The Labute approximate surface area is 181 Å². The first kappa shape index (κ1) is 23.0. The minimum absolute atomic E-state index is 0.157. The summed E-state index contributed by atoms with van der Waals surface area (Å²) in [6.07, 6.45) is 6.18. The van der Waals surface area contributed by atoms with Gasteiger partial charge in [0.25, 0.3) is 0 Å². The van der Waals surface area contributed by atoms with E-state index >= 15 is 0 Å². The Morgan fingerprint density at radius 1 is 1.20 bits per heavy atom. The number of benzene rings is 1.